The first-order valence-corrected chi connectivity index (χ1v) is 7.96. The van der Waals surface area contributed by atoms with Gasteiger partial charge in [-0.1, -0.05) is 23.8 Å². The fourth-order valence-corrected chi connectivity index (χ4v) is 3.27. The second-order valence-corrected chi connectivity index (χ2v) is 5.99. The molecular weight excluding hydrogens is 272 g/mol. The third-order valence-electron chi connectivity index (χ3n) is 4.32. The number of aryl methyl sites for hydroxylation is 1. The van der Waals surface area contributed by atoms with Gasteiger partial charge in [0.05, 0.1) is 6.17 Å². The summed E-state index contributed by atoms with van der Waals surface area (Å²) in [6.45, 7) is 3.18. The number of rotatable bonds is 2. The van der Waals surface area contributed by atoms with Crippen molar-refractivity contribution in [1.29, 1.82) is 0 Å². The van der Waals surface area contributed by atoms with E-state index in [0.29, 0.717) is 0 Å². The van der Waals surface area contributed by atoms with Crippen molar-refractivity contribution in [3.63, 3.8) is 0 Å². The molecule has 1 atom stereocenters. The number of hydrogen-bond acceptors (Lipinski definition) is 3. The molecule has 1 fully saturated rings. The molecule has 0 spiro atoms. The highest BCUT2D eigenvalue weighted by Crippen LogP contribution is 2.30. The highest BCUT2D eigenvalue weighted by molar-refractivity contribution is 5.77. The monoisotopic (exact) mass is 292 g/mol. The second-order valence-electron chi connectivity index (χ2n) is 5.99. The van der Waals surface area contributed by atoms with Crippen LogP contribution in [0.1, 0.15) is 31.0 Å². The highest BCUT2D eigenvalue weighted by atomic mass is 15.2. The molecule has 1 saturated heterocycles. The van der Waals surface area contributed by atoms with E-state index in [1.807, 2.05) is 18.3 Å². The van der Waals surface area contributed by atoms with E-state index in [2.05, 4.69) is 46.1 Å². The third-order valence-corrected chi connectivity index (χ3v) is 4.32. The van der Waals surface area contributed by atoms with Crippen molar-refractivity contribution in [3.8, 4) is 11.4 Å². The topological polar surface area (TPSA) is 42.7 Å². The standard InChI is InChI=1S/C18H20N4/c1-13-6-4-7-14(12-13)17-21-15-8-5-11-20-18(15)22(17)16-9-2-3-10-19-16/h4-8,11-12,16,19H,2-3,9-10H2,1H3. The summed E-state index contributed by atoms with van der Waals surface area (Å²) >= 11 is 0. The van der Waals surface area contributed by atoms with E-state index in [1.165, 1.54) is 18.4 Å². The second kappa shape index (κ2) is 5.54. The molecule has 4 heteroatoms. The van der Waals surface area contributed by atoms with E-state index < -0.39 is 0 Å². The van der Waals surface area contributed by atoms with Crippen LogP contribution in [-0.2, 0) is 0 Å². The van der Waals surface area contributed by atoms with Gasteiger partial charge in [0.2, 0.25) is 0 Å². The average molecular weight is 292 g/mol. The maximum absolute atomic E-state index is 4.86. The minimum atomic E-state index is 0.282. The predicted octanol–water partition coefficient (Wildman–Crippen LogP) is 3.68. The molecule has 4 nitrogen and oxygen atoms in total. The molecule has 1 aromatic carbocycles. The van der Waals surface area contributed by atoms with Crippen LogP contribution in [0.2, 0.25) is 0 Å². The van der Waals surface area contributed by atoms with Gasteiger partial charge in [-0.25, -0.2) is 9.97 Å². The zero-order valence-electron chi connectivity index (χ0n) is 12.8. The first kappa shape index (κ1) is 13.5. The number of imidazole rings is 1. The third kappa shape index (κ3) is 2.29. The van der Waals surface area contributed by atoms with Crippen molar-refractivity contribution >= 4 is 11.2 Å². The minimum Gasteiger partial charge on any atom is -0.297 e. The van der Waals surface area contributed by atoms with Crippen molar-refractivity contribution in [1.82, 2.24) is 19.9 Å². The number of aromatic nitrogens is 3. The molecule has 4 rings (SSSR count). The van der Waals surface area contributed by atoms with Crippen LogP contribution < -0.4 is 5.32 Å². The van der Waals surface area contributed by atoms with Gasteiger partial charge in [0.1, 0.15) is 11.3 Å². The van der Waals surface area contributed by atoms with Gasteiger partial charge in [0.15, 0.2) is 5.65 Å². The summed E-state index contributed by atoms with van der Waals surface area (Å²) in [5.74, 6) is 1.01. The fraction of sp³-hybridized carbons (Fsp3) is 0.333. The normalized spacial score (nSPS) is 18.7. The molecule has 0 bridgehead atoms. The van der Waals surface area contributed by atoms with Crippen LogP contribution in [-0.4, -0.2) is 21.1 Å². The Balaban J connectivity index is 1.93. The summed E-state index contributed by atoms with van der Waals surface area (Å²) in [7, 11) is 0. The summed E-state index contributed by atoms with van der Waals surface area (Å²) in [5.41, 5.74) is 4.34. The Bertz CT molecular complexity index is 800. The first-order chi connectivity index (χ1) is 10.8. The van der Waals surface area contributed by atoms with E-state index in [9.17, 15) is 0 Å². The lowest BCUT2D eigenvalue weighted by molar-refractivity contribution is 0.328. The largest absolute Gasteiger partial charge is 0.297 e. The van der Waals surface area contributed by atoms with Gasteiger partial charge < -0.3 is 0 Å². The van der Waals surface area contributed by atoms with Crippen molar-refractivity contribution in [2.45, 2.75) is 32.4 Å². The molecule has 22 heavy (non-hydrogen) atoms. The van der Waals surface area contributed by atoms with Gasteiger partial charge in [-0.15, -0.1) is 0 Å². The van der Waals surface area contributed by atoms with E-state index in [1.54, 1.807) is 0 Å². The zero-order chi connectivity index (χ0) is 14.9. The molecule has 1 aliphatic rings. The molecule has 0 saturated carbocycles. The van der Waals surface area contributed by atoms with Crippen LogP contribution in [0.25, 0.3) is 22.6 Å². The van der Waals surface area contributed by atoms with Gasteiger partial charge in [0, 0.05) is 11.8 Å². The number of nitrogens with one attached hydrogen (secondary N) is 1. The van der Waals surface area contributed by atoms with Gasteiger partial charge in [-0.2, -0.15) is 0 Å². The molecule has 1 aliphatic heterocycles. The lowest BCUT2D eigenvalue weighted by atomic mass is 10.1. The maximum atomic E-state index is 4.86. The van der Waals surface area contributed by atoms with E-state index in [0.717, 1.165) is 35.5 Å². The highest BCUT2D eigenvalue weighted by Gasteiger charge is 2.22. The van der Waals surface area contributed by atoms with Crippen LogP contribution in [0, 0.1) is 6.92 Å². The Morgan fingerprint density at radius 2 is 2.14 bits per heavy atom. The Morgan fingerprint density at radius 3 is 2.95 bits per heavy atom. The molecule has 0 amide bonds. The first-order valence-electron chi connectivity index (χ1n) is 7.96. The zero-order valence-corrected chi connectivity index (χ0v) is 12.8. The number of benzene rings is 1. The number of pyridine rings is 1. The molecule has 1 N–H and O–H groups in total. The van der Waals surface area contributed by atoms with Crippen LogP contribution in [0.15, 0.2) is 42.6 Å². The minimum absolute atomic E-state index is 0.282. The molecule has 0 aliphatic carbocycles. The number of nitrogens with zero attached hydrogens (tertiary/aromatic N) is 3. The lowest BCUT2D eigenvalue weighted by Crippen LogP contribution is -2.31. The number of piperidine rings is 1. The Kier molecular flexibility index (Phi) is 3.39. The summed E-state index contributed by atoms with van der Waals surface area (Å²) in [6, 6.07) is 12.5. The van der Waals surface area contributed by atoms with E-state index >= 15 is 0 Å². The maximum Gasteiger partial charge on any atom is 0.161 e. The smallest absolute Gasteiger partial charge is 0.161 e. The molecule has 2 aromatic heterocycles. The Morgan fingerprint density at radius 1 is 1.18 bits per heavy atom. The molecular formula is C18H20N4. The van der Waals surface area contributed by atoms with Crippen LogP contribution in [0.5, 0.6) is 0 Å². The quantitative estimate of drug-likeness (QED) is 0.783. The van der Waals surface area contributed by atoms with E-state index in [4.69, 9.17) is 4.98 Å². The Hall–Kier alpha value is -2.20. The molecule has 112 valence electrons. The van der Waals surface area contributed by atoms with Gasteiger partial charge in [0.25, 0.3) is 0 Å². The van der Waals surface area contributed by atoms with Crippen molar-refractivity contribution < 1.29 is 0 Å². The Labute approximate surface area is 130 Å². The molecule has 3 aromatic rings. The van der Waals surface area contributed by atoms with Crippen molar-refractivity contribution in [3.05, 3.63) is 48.2 Å². The fourth-order valence-electron chi connectivity index (χ4n) is 3.27. The molecule has 1 unspecified atom stereocenters. The van der Waals surface area contributed by atoms with Crippen LogP contribution in [0.3, 0.4) is 0 Å². The SMILES string of the molecule is Cc1cccc(-c2nc3cccnc3n2C2CCCCN2)c1. The van der Waals surface area contributed by atoms with Crippen molar-refractivity contribution in [2.24, 2.45) is 0 Å². The predicted molar refractivity (Wildman–Crippen MR) is 88.6 cm³/mol. The molecule has 3 heterocycles. The van der Waals surface area contributed by atoms with Crippen molar-refractivity contribution in [2.75, 3.05) is 6.54 Å². The van der Waals surface area contributed by atoms with Gasteiger partial charge in [-0.3, -0.25) is 9.88 Å². The van der Waals surface area contributed by atoms with Crippen LogP contribution >= 0.6 is 0 Å². The summed E-state index contributed by atoms with van der Waals surface area (Å²) < 4.78 is 2.28. The van der Waals surface area contributed by atoms with Crippen LogP contribution in [0.4, 0.5) is 0 Å². The lowest BCUT2D eigenvalue weighted by Gasteiger charge is -2.26. The number of fused-ring (bicyclic) bond motifs is 1. The average Bonchev–Trinajstić information content (AvgIpc) is 2.95. The molecule has 0 radical (unpaired) electrons. The summed E-state index contributed by atoms with van der Waals surface area (Å²) in [6.07, 6.45) is 5.75. The van der Waals surface area contributed by atoms with Gasteiger partial charge >= 0.3 is 0 Å². The number of hydrogen-bond donors (Lipinski definition) is 1. The summed E-state index contributed by atoms with van der Waals surface area (Å²) in [5, 5.41) is 3.62. The van der Waals surface area contributed by atoms with E-state index in [-0.39, 0.29) is 6.17 Å². The summed E-state index contributed by atoms with van der Waals surface area (Å²) in [4.78, 5) is 9.45. The van der Waals surface area contributed by atoms with Gasteiger partial charge in [-0.05, 0) is 50.9 Å².